The maximum atomic E-state index is 9.51. The Hall–Kier alpha value is -5.40. The first-order valence-electron chi connectivity index (χ1n) is 22.8. The fourth-order valence-electron chi connectivity index (χ4n) is 13.3. The molecule has 0 spiro atoms. The zero-order chi connectivity index (χ0) is 41.0. The predicted molar refractivity (Wildman–Crippen MR) is 245 cm³/mol. The average molecular weight is 787 g/mol. The zero-order valence-corrected chi connectivity index (χ0v) is 35.9. The fraction of sp³-hybridized carbons (Fsp3) is 0.393. The van der Waals surface area contributed by atoms with Crippen LogP contribution < -0.4 is 0 Å². The van der Waals surface area contributed by atoms with Crippen LogP contribution in [0.2, 0.25) is 0 Å². The number of aromatic nitrogens is 3. The van der Waals surface area contributed by atoms with Crippen molar-refractivity contribution in [3.05, 3.63) is 138 Å². The fourth-order valence-corrected chi connectivity index (χ4v) is 13.3. The highest BCUT2D eigenvalue weighted by atomic mass is 15.0. The Morgan fingerprint density at radius 2 is 0.767 bits per heavy atom. The Morgan fingerprint density at radius 1 is 0.417 bits per heavy atom. The van der Waals surface area contributed by atoms with Crippen molar-refractivity contribution in [1.29, 1.82) is 5.26 Å². The van der Waals surface area contributed by atoms with E-state index in [2.05, 4.69) is 131 Å². The summed E-state index contributed by atoms with van der Waals surface area (Å²) in [4.78, 5) is 15.3. The molecule has 4 nitrogen and oxygen atoms in total. The molecule has 0 radical (unpaired) electrons. The van der Waals surface area contributed by atoms with Crippen molar-refractivity contribution in [1.82, 2.24) is 15.0 Å². The van der Waals surface area contributed by atoms with Gasteiger partial charge in [-0.15, -0.1) is 0 Å². The molecule has 1 heterocycles. The third kappa shape index (κ3) is 7.51. The number of hydrogen-bond donors (Lipinski definition) is 0. The van der Waals surface area contributed by atoms with Crippen LogP contribution in [0.3, 0.4) is 0 Å². The minimum atomic E-state index is 0.315. The van der Waals surface area contributed by atoms with Crippen LogP contribution in [-0.2, 0) is 10.8 Å². The van der Waals surface area contributed by atoms with Gasteiger partial charge in [-0.25, -0.2) is 15.0 Å². The maximum Gasteiger partial charge on any atom is 0.164 e. The van der Waals surface area contributed by atoms with Crippen LogP contribution in [0.1, 0.15) is 109 Å². The molecule has 0 N–H and O–H groups in total. The van der Waals surface area contributed by atoms with E-state index in [4.69, 9.17) is 15.0 Å². The molecule has 0 amide bonds. The van der Waals surface area contributed by atoms with E-state index in [9.17, 15) is 5.26 Å². The topological polar surface area (TPSA) is 62.5 Å². The predicted octanol–water partition coefficient (Wildman–Crippen LogP) is 14.3. The molecule has 4 saturated carbocycles. The van der Waals surface area contributed by atoms with Gasteiger partial charge < -0.3 is 0 Å². The van der Waals surface area contributed by atoms with E-state index in [-0.39, 0.29) is 0 Å². The van der Waals surface area contributed by atoms with Gasteiger partial charge in [0.25, 0.3) is 0 Å². The van der Waals surface area contributed by atoms with Crippen molar-refractivity contribution >= 4 is 0 Å². The third-order valence-corrected chi connectivity index (χ3v) is 15.1. The quantitative estimate of drug-likeness (QED) is 0.162. The zero-order valence-electron chi connectivity index (χ0n) is 35.9. The summed E-state index contributed by atoms with van der Waals surface area (Å²) in [6.45, 7) is 9.86. The minimum absolute atomic E-state index is 0.315. The van der Waals surface area contributed by atoms with Gasteiger partial charge in [0.2, 0.25) is 0 Å². The van der Waals surface area contributed by atoms with Crippen molar-refractivity contribution in [2.24, 2.45) is 35.5 Å². The first kappa shape index (κ1) is 38.8. The van der Waals surface area contributed by atoms with Crippen LogP contribution in [0.15, 0.2) is 121 Å². The second-order valence-corrected chi connectivity index (χ2v) is 20.2. The van der Waals surface area contributed by atoms with Crippen molar-refractivity contribution in [3.8, 4) is 62.5 Å². The number of hydrogen-bond acceptors (Lipinski definition) is 4. The number of rotatable bonds is 7. The molecule has 4 fully saturated rings. The highest BCUT2D eigenvalue weighted by Crippen LogP contribution is 2.55. The SMILES string of the molecule is C[C@@H]1C[C@@H]2C[C@H](C)CC(c3ccc(-c4cccc(-c5nc(-c6ccc(C#N)cc6)nc(-c6cccc(-c7ccc(C89C[C@H](C)C[C@H](C[C@H](C)C8)C9)cc7)c6)n5)c4)cc3)(C1)C2. The lowest BCUT2D eigenvalue weighted by atomic mass is 9.54. The first-order chi connectivity index (χ1) is 29.1. The van der Waals surface area contributed by atoms with Gasteiger partial charge in [-0.3, -0.25) is 0 Å². The second-order valence-electron chi connectivity index (χ2n) is 20.2. The molecule has 60 heavy (non-hydrogen) atoms. The number of benzene rings is 5. The van der Waals surface area contributed by atoms with Crippen LogP contribution in [0.4, 0.5) is 0 Å². The summed E-state index contributed by atoms with van der Waals surface area (Å²) in [6, 6.07) is 46.0. The molecule has 10 rings (SSSR count). The lowest BCUT2D eigenvalue weighted by Gasteiger charge is -2.50. The molecule has 302 valence electrons. The van der Waals surface area contributed by atoms with Gasteiger partial charge in [-0.1, -0.05) is 113 Å². The molecule has 5 aromatic carbocycles. The Morgan fingerprint density at radius 3 is 1.15 bits per heavy atom. The Bertz CT molecular complexity index is 2360. The third-order valence-electron chi connectivity index (χ3n) is 15.1. The maximum absolute atomic E-state index is 9.51. The van der Waals surface area contributed by atoms with Gasteiger partial charge in [-0.2, -0.15) is 5.26 Å². The summed E-state index contributed by atoms with van der Waals surface area (Å²) < 4.78 is 0. The van der Waals surface area contributed by atoms with Gasteiger partial charge in [0.15, 0.2) is 17.5 Å². The molecule has 6 aromatic rings. The first-order valence-corrected chi connectivity index (χ1v) is 22.8. The summed E-state index contributed by atoms with van der Waals surface area (Å²) in [5.74, 6) is 6.74. The van der Waals surface area contributed by atoms with Crippen LogP contribution in [0.25, 0.3) is 56.4 Å². The molecule has 4 bridgehead atoms. The van der Waals surface area contributed by atoms with E-state index >= 15 is 0 Å². The van der Waals surface area contributed by atoms with Crippen LogP contribution in [0, 0.1) is 46.8 Å². The normalized spacial score (nSPS) is 28.4. The smallest absolute Gasteiger partial charge is 0.164 e. The van der Waals surface area contributed by atoms with E-state index in [1.165, 1.54) is 86.5 Å². The largest absolute Gasteiger partial charge is 0.208 e. The molecular weight excluding hydrogens is 729 g/mol. The van der Waals surface area contributed by atoms with E-state index in [0.717, 1.165) is 63.3 Å². The molecule has 4 heteroatoms. The second kappa shape index (κ2) is 15.6. The molecular formula is C56H58N4. The van der Waals surface area contributed by atoms with Crippen LogP contribution in [-0.4, -0.2) is 15.0 Å². The standard InChI is InChI=1S/C56H58N4/c1-36-23-41-24-37(2)30-55(29-36,33-41)50-19-15-43(16-20-50)46-7-5-9-48(27-46)53-58-52(45-13-11-40(35-57)12-14-45)59-54(60-53)49-10-6-8-47(28-49)44-17-21-51(22-18-44)56-31-38(3)25-42(34-56)26-39(4)32-56/h5-22,27-28,36-39,41-42H,23-26,29-34H2,1-4H3/t36-,37+,38-,39+,41-,42-,55?,56?. The summed E-state index contributed by atoms with van der Waals surface area (Å²) in [5, 5.41) is 9.51. The molecule has 4 aliphatic carbocycles. The Labute approximate surface area is 357 Å². The van der Waals surface area contributed by atoms with Crippen LogP contribution in [0.5, 0.6) is 0 Å². The van der Waals surface area contributed by atoms with Gasteiger partial charge >= 0.3 is 0 Å². The molecule has 0 aliphatic heterocycles. The average Bonchev–Trinajstić information content (AvgIpc) is 3.25. The highest BCUT2D eigenvalue weighted by Gasteiger charge is 2.46. The van der Waals surface area contributed by atoms with Gasteiger partial charge in [0.05, 0.1) is 11.6 Å². The number of fused-ring (bicyclic) bond motifs is 4. The van der Waals surface area contributed by atoms with Crippen molar-refractivity contribution in [2.75, 3.05) is 0 Å². The van der Waals surface area contributed by atoms with E-state index < -0.39 is 0 Å². The van der Waals surface area contributed by atoms with E-state index in [1.54, 1.807) is 0 Å². The molecule has 8 atom stereocenters. The van der Waals surface area contributed by atoms with Crippen molar-refractivity contribution in [3.63, 3.8) is 0 Å². The lowest BCUT2D eigenvalue weighted by molar-refractivity contribution is 0.0779. The van der Waals surface area contributed by atoms with Crippen molar-refractivity contribution < 1.29 is 0 Å². The highest BCUT2D eigenvalue weighted by molar-refractivity contribution is 5.75. The molecule has 1 aromatic heterocycles. The summed E-state index contributed by atoms with van der Waals surface area (Å²) in [5.41, 5.74) is 11.7. The molecule has 0 saturated heterocycles. The monoisotopic (exact) mass is 786 g/mol. The summed E-state index contributed by atoms with van der Waals surface area (Å²) in [7, 11) is 0. The lowest BCUT2D eigenvalue weighted by Crippen LogP contribution is -2.42. The van der Waals surface area contributed by atoms with E-state index in [1.807, 2.05) is 24.3 Å². The van der Waals surface area contributed by atoms with Gasteiger partial charge in [0.1, 0.15) is 0 Å². The Kier molecular flexibility index (Phi) is 10.1. The van der Waals surface area contributed by atoms with Crippen LogP contribution >= 0.6 is 0 Å². The van der Waals surface area contributed by atoms with Crippen molar-refractivity contribution in [2.45, 2.75) is 103 Å². The van der Waals surface area contributed by atoms with E-state index in [0.29, 0.717) is 33.9 Å². The minimum Gasteiger partial charge on any atom is -0.208 e. The van der Waals surface area contributed by atoms with Gasteiger partial charge in [0, 0.05) is 16.7 Å². The number of nitriles is 1. The molecule has 4 aliphatic rings. The summed E-state index contributed by atoms with van der Waals surface area (Å²) in [6.07, 6.45) is 13.5. The van der Waals surface area contributed by atoms with Gasteiger partial charge in [-0.05, 0) is 180 Å². The molecule has 2 unspecified atom stereocenters. The Balaban J connectivity index is 0.977. The number of nitrogens with zero attached hydrogens (tertiary/aromatic N) is 4. The summed E-state index contributed by atoms with van der Waals surface area (Å²) >= 11 is 0.